The van der Waals surface area contributed by atoms with E-state index in [0.717, 1.165) is 17.7 Å². The normalized spacial score (nSPS) is 12.4. The van der Waals surface area contributed by atoms with E-state index in [-0.39, 0.29) is 6.04 Å². The van der Waals surface area contributed by atoms with Gasteiger partial charge in [0.05, 0.1) is 13.7 Å². The highest BCUT2D eigenvalue weighted by molar-refractivity contribution is 5.26. The van der Waals surface area contributed by atoms with Crippen LogP contribution in [-0.4, -0.2) is 16.7 Å². The van der Waals surface area contributed by atoms with Crippen LogP contribution in [0.5, 0.6) is 5.88 Å². The van der Waals surface area contributed by atoms with Crippen molar-refractivity contribution in [3.63, 3.8) is 0 Å². The van der Waals surface area contributed by atoms with E-state index in [9.17, 15) is 0 Å². The molecule has 0 amide bonds. The molecule has 0 aliphatic carbocycles. The number of pyridine rings is 1. The molecule has 4 nitrogen and oxygen atoms in total. The molecule has 0 saturated heterocycles. The first-order valence-corrected chi connectivity index (χ1v) is 5.60. The Morgan fingerprint density at radius 2 is 2.29 bits per heavy atom. The topological polar surface area (TPSA) is 53.1 Å². The summed E-state index contributed by atoms with van der Waals surface area (Å²) in [6.07, 6.45) is 5.80. The summed E-state index contributed by atoms with van der Waals surface area (Å²) in [7, 11) is 1.63. The number of nitrogens with two attached hydrogens (primary N) is 1. The van der Waals surface area contributed by atoms with E-state index in [2.05, 4.69) is 15.7 Å². The van der Waals surface area contributed by atoms with E-state index in [1.165, 1.54) is 0 Å². The number of ether oxygens (including phenoxy) is 1. The molecule has 0 saturated carbocycles. The minimum atomic E-state index is 0.0621. The molecule has 2 aromatic rings. The summed E-state index contributed by atoms with van der Waals surface area (Å²) in [5.41, 5.74) is 8.02. The van der Waals surface area contributed by atoms with Gasteiger partial charge >= 0.3 is 0 Å². The van der Waals surface area contributed by atoms with Gasteiger partial charge in [0, 0.05) is 30.2 Å². The van der Waals surface area contributed by atoms with Crippen molar-refractivity contribution in [2.45, 2.75) is 19.5 Å². The molecule has 0 aliphatic heterocycles. The van der Waals surface area contributed by atoms with Gasteiger partial charge in [0.25, 0.3) is 0 Å². The van der Waals surface area contributed by atoms with Crippen LogP contribution in [0.15, 0.2) is 36.8 Å². The monoisotopic (exact) mass is 231 g/mol. The molecule has 4 heteroatoms. The van der Waals surface area contributed by atoms with Gasteiger partial charge in [-0.2, -0.15) is 0 Å². The molecule has 90 valence electrons. The van der Waals surface area contributed by atoms with Crippen LogP contribution in [0.3, 0.4) is 0 Å². The molecule has 0 fully saturated rings. The zero-order valence-corrected chi connectivity index (χ0v) is 10.1. The number of nitrogens with zero attached hydrogens (tertiary/aromatic N) is 2. The second-order valence-corrected chi connectivity index (χ2v) is 4.08. The van der Waals surface area contributed by atoms with Gasteiger partial charge in [-0.15, -0.1) is 0 Å². The Bertz CT molecular complexity index is 491. The molecule has 17 heavy (non-hydrogen) atoms. The Morgan fingerprint density at radius 3 is 2.94 bits per heavy atom. The number of hydrogen-bond acceptors (Lipinski definition) is 3. The van der Waals surface area contributed by atoms with E-state index < -0.39 is 0 Å². The highest BCUT2D eigenvalue weighted by Gasteiger charge is 2.06. The third kappa shape index (κ3) is 2.65. The lowest BCUT2D eigenvalue weighted by Crippen LogP contribution is -2.04. The maximum atomic E-state index is 5.83. The Labute approximate surface area is 101 Å². The van der Waals surface area contributed by atoms with Gasteiger partial charge in [0.15, 0.2) is 0 Å². The molecule has 2 N–H and O–H groups in total. The van der Waals surface area contributed by atoms with Crippen LogP contribution in [0.1, 0.15) is 24.1 Å². The third-order valence-electron chi connectivity index (χ3n) is 2.70. The van der Waals surface area contributed by atoms with Crippen LogP contribution in [0, 0.1) is 0 Å². The number of rotatable bonds is 4. The van der Waals surface area contributed by atoms with Crippen molar-refractivity contribution in [1.82, 2.24) is 9.55 Å². The first-order chi connectivity index (χ1) is 8.20. The highest BCUT2D eigenvalue weighted by atomic mass is 16.5. The largest absolute Gasteiger partial charge is 0.481 e. The fraction of sp³-hybridized carbons (Fsp3) is 0.308. The lowest BCUT2D eigenvalue weighted by Gasteiger charge is -2.07. The molecule has 0 spiro atoms. The number of hydrogen-bond donors (Lipinski definition) is 1. The van der Waals surface area contributed by atoms with Crippen molar-refractivity contribution >= 4 is 0 Å². The van der Waals surface area contributed by atoms with Gasteiger partial charge < -0.3 is 15.0 Å². The summed E-state index contributed by atoms with van der Waals surface area (Å²) in [4.78, 5) is 4.18. The molecule has 0 bridgehead atoms. The molecule has 1 unspecified atom stereocenters. The smallest absolute Gasteiger partial charge is 0.218 e. The van der Waals surface area contributed by atoms with Gasteiger partial charge in [-0.05, 0) is 24.6 Å². The van der Waals surface area contributed by atoms with Gasteiger partial charge in [-0.3, -0.25) is 0 Å². The third-order valence-corrected chi connectivity index (χ3v) is 2.70. The SMILES string of the molecule is COc1ncccc1Cn1ccc(C(C)N)c1. The molecule has 1 atom stereocenters. The van der Waals surface area contributed by atoms with Crippen LogP contribution in [0.4, 0.5) is 0 Å². The first-order valence-electron chi connectivity index (χ1n) is 5.60. The summed E-state index contributed by atoms with van der Waals surface area (Å²) in [5, 5.41) is 0. The van der Waals surface area contributed by atoms with Gasteiger partial charge in [0.2, 0.25) is 5.88 Å². The minimum Gasteiger partial charge on any atom is -0.481 e. The first kappa shape index (κ1) is 11.7. The average molecular weight is 231 g/mol. The van der Waals surface area contributed by atoms with Crippen LogP contribution >= 0.6 is 0 Å². The van der Waals surface area contributed by atoms with E-state index in [4.69, 9.17) is 10.5 Å². The molecule has 0 aliphatic rings. The predicted octanol–water partition coefficient (Wildman–Crippen LogP) is 1.96. The zero-order chi connectivity index (χ0) is 12.3. The number of aromatic nitrogens is 2. The van der Waals surface area contributed by atoms with Crippen LogP contribution in [0.25, 0.3) is 0 Å². The van der Waals surface area contributed by atoms with E-state index in [0.29, 0.717) is 5.88 Å². The Morgan fingerprint density at radius 1 is 1.47 bits per heavy atom. The average Bonchev–Trinajstić information content (AvgIpc) is 2.78. The summed E-state index contributed by atoms with van der Waals surface area (Å²) in [6.45, 7) is 2.72. The standard InChI is InChI=1S/C13H17N3O/c1-10(14)11-5-7-16(8-11)9-12-4-3-6-15-13(12)17-2/h3-8,10H,9,14H2,1-2H3. The molecule has 2 aromatic heterocycles. The van der Waals surface area contributed by atoms with Crippen LogP contribution in [0.2, 0.25) is 0 Å². The fourth-order valence-electron chi connectivity index (χ4n) is 1.75. The summed E-state index contributed by atoms with van der Waals surface area (Å²) in [6, 6.07) is 6.02. The summed E-state index contributed by atoms with van der Waals surface area (Å²) in [5.74, 6) is 0.670. The lowest BCUT2D eigenvalue weighted by atomic mass is 10.2. The van der Waals surface area contributed by atoms with Crippen molar-refractivity contribution in [3.8, 4) is 5.88 Å². The fourth-order valence-corrected chi connectivity index (χ4v) is 1.75. The Kier molecular flexibility index (Phi) is 3.44. The quantitative estimate of drug-likeness (QED) is 0.875. The second-order valence-electron chi connectivity index (χ2n) is 4.08. The molecular formula is C13H17N3O. The molecule has 2 heterocycles. The van der Waals surface area contributed by atoms with Gasteiger partial charge in [0.1, 0.15) is 0 Å². The van der Waals surface area contributed by atoms with Gasteiger partial charge in [-0.25, -0.2) is 4.98 Å². The van der Waals surface area contributed by atoms with Crippen molar-refractivity contribution in [1.29, 1.82) is 0 Å². The van der Waals surface area contributed by atoms with Gasteiger partial charge in [-0.1, -0.05) is 6.07 Å². The predicted molar refractivity (Wildman–Crippen MR) is 66.9 cm³/mol. The second kappa shape index (κ2) is 5.01. The van der Waals surface area contributed by atoms with Crippen molar-refractivity contribution < 1.29 is 4.74 Å². The van der Waals surface area contributed by atoms with Crippen molar-refractivity contribution in [2.75, 3.05) is 7.11 Å². The van der Waals surface area contributed by atoms with E-state index in [1.807, 2.05) is 31.3 Å². The Hall–Kier alpha value is -1.81. The maximum Gasteiger partial charge on any atom is 0.218 e. The molecule has 0 aromatic carbocycles. The van der Waals surface area contributed by atoms with Crippen molar-refractivity contribution in [3.05, 3.63) is 47.9 Å². The van der Waals surface area contributed by atoms with Crippen LogP contribution in [-0.2, 0) is 6.54 Å². The molecular weight excluding hydrogens is 214 g/mol. The van der Waals surface area contributed by atoms with E-state index >= 15 is 0 Å². The number of methoxy groups -OCH3 is 1. The van der Waals surface area contributed by atoms with E-state index in [1.54, 1.807) is 13.3 Å². The summed E-state index contributed by atoms with van der Waals surface area (Å²) < 4.78 is 7.30. The lowest BCUT2D eigenvalue weighted by molar-refractivity contribution is 0.391. The maximum absolute atomic E-state index is 5.83. The van der Waals surface area contributed by atoms with Crippen LogP contribution < -0.4 is 10.5 Å². The highest BCUT2D eigenvalue weighted by Crippen LogP contribution is 2.17. The zero-order valence-electron chi connectivity index (χ0n) is 10.1. The van der Waals surface area contributed by atoms with Crippen molar-refractivity contribution in [2.24, 2.45) is 5.73 Å². The molecule has 2 rings (SSSR count). The Balaban J connectivity index is 2.19. The minimum absolute atomic E-state index is 0.0621. The summed E-state index contributed by atoms with van der Waals surface area (Å²) >= 11 is 0. The molecule has 0 radical (unpaired) electrons.